The molecule has 0 amide bonds. The van der Waals surface area contributed by atoms with E-state index in [-0.39, 0.29) is 0 Å². The van der Waals surface area contributed by atoms with Gasteiger partial charge >= 0.3 is 0 Å². The van der Waals surface area contributed by atoms with Gasteiger partial charge in [0.15, 0.2) is 4.60 Å². The highest BCUT2D eigenvalue weighted by Gasteiger charge is 2.14. The summed E-state index contributed by atoms with van der Waals surface area (Å²) >= 11 is 3.36. The molecule has 1 aliphatic heterocycles. The third-order valence-corrected chi connectivity index (χ3v) is 2.43. The van der Waals surface area contributed by atoms with Gasteiger partial charge in [0.25, 0.3) is 0 Å². The lowest BCUT2D eigenvalue weighted by Crippen LogP contribution is -2.09. The van der Waals surface area contributed by atoms with Crippen molar-refractivity contribution in [2.24, 2.45) is 7.05 Å². The number of halogens is 1. The summed E-state index contributed by atoms with van der Waals surface area (Å²) in [5, 5.41) is 11.1. The maximum Gasteiger partial charge on any atom is 0.156 e. The molecule has 0 fully saturated rings. The highest BCUT2D eigenvalue weighted by Crippen LogP contribution is 2.22. The number of nitrogens with zero attached hydrogens (tertiary/aromatic N) is 3. The minimum atomic E-state index is 0.819. The first-order chi connectivity index (χ1) is 5.79. The summed E-state index contributed by atoms with van der Waals surface area (Å²) in [6.07, 6.45) is 2.16. The second-order valence-corrected chi connectivity index (χ2v) is 3.46. The number of hydrogen-bond acceptors (Lipinski definition) is 3. The summed E-state index contributed by atoms with van der Waals surface area (Å²) in [5.74, 6) is 0. The molecular weight excluding hydrogens is 220 g/mol. The molecule has 2 rings (SSSR count). The third-order valence-electron chi connectivity index (χ3n) is 1.90. The smallest absolute Gasteiger partial charge is 0.156 e. The molecule has 0 saturated heterocycles. The lowest BCUT2D eigenvalue weighted by Gasteiger charge is -2.00. The summed E-state index contributed by atoms with van der Waals surface area (Å²) in [5.41, 5.74) is 2.33. The first-order valence-electron chi connectivity index (χ1n) is 3.74. The molecule has 0 radical (unpaired) electrons. The van der Waals surface area contributed by atoms with Crippen LogP contribution in [0.2, 0.25) is 0 Å². The molecule has 64 valence electrons. The topological polar surface area (TPSA) is 42.7 Å². The van der Waals surface area contributed by atoms with Gasteiger partial charge < -0.3 is 5.32 Å². The van der Waals surface area contributed by atoms with E-state index in [1.54, 1.807) is 4.68 Å². The highest BCUT2D eigenvalue weighted by atomic mass is 79.9. The molecule has 2 heterocycles. The van der Waals surface area contributed by atoms with Gasteiger partial charge in [0, 0.05) is 20.1 Å². The van der Waals surface area contributed by atoms with Crippen molar-refractivity contribution in [3.05, 3.63) is 16.4 Å². The zero-order valence-electron chi connectivity index (χ0n) is 6.71. The van der Waals surface area contributed by atoms with E-state index in [0.29, 0.717) is 0 Å². The molecule has 1 N–H and O–H groups in total. The molecule has 0 aromatic carbocycles. The van der Waals surface area contributed by atoms with E-state index in [1.807, 2.05) is 7.05 Å². The highest BCUT2D eigenvalue weighted by molar-refractivity contribution is 9.10. The Morgan fingerprint density at radius 1 is 1.67 bits per heavy atom. The average molecular weight is 229 g/mol. The summed E-state index contributed by atoms with van der Waals surface area (Å²) in [6.45, 7) is 1.84. The Balaban J connectivity index is 2.44. The quantitative estimate of drug-likeness (QED) is 0.765. The van der Waals surface area contributed by atoms with Crippen molar-refractivity contribution in [1.82, 2.24) is 20.3 Å². The van der Waals surface area contributed by atoms with Crippen LogP contribution in [0.15, 0.2) is 10.7 Å². The third kappa shape index (κ3) is 1.19. The summed E-state index contributed by atoms with van der Waals surface area (Å²) in [6, 6.07) is 0. The monoisotopic (exact) mass is 228 g/mol. The SMILES string of the molecule is Cn1nnc(Br)c1C1=CCNC1. The van der Waals surface area contributed by atoms with Gasteiger partial charge in [-0.3, -0.25) is 0 Å². The molecule has 1 aliphatic rings. The van der Waals surface area contributed by atoms with Crippen LogP contribution in [0.5, 0.6) is 0 Å². The zero-order chi connectivity index (χ0) is 8.55. The molecule has 5 heteroatoms. The van der Waals surface area contributed by atoms with E-state index < -0.39 is 0 Å². The van der Waals surface area contributed by atoms with E-state index in [0.717, 1.165) is 23.4 Å². The fraction of sp³-hybridized carbons (Fsp3) is 0.429. The van der Waals surface area contributed by atoms with Crippen molar-refractivity contribution in [2.75, 3.05) is 13.1 Å². The maximum absolute atomic E-state index is 3.92. The average Bonchev–Trinajstić information content (AvgIpc) is 2.61. The van der Waals surface area contributed by atoms with Crippen LogP contribution in [0.1, 0.15) is 5.69 Å². The fourth-order valence-electron chi connectivity index (χ4n) is 1.33. The Bertz CT molecular complexity index is 309. The van der Waals surface area contributed by atoms with Gasteiger partial charge in [-0.2, -0.15) is 0 Å². The van der Waals surface area contributed by atoms with Gasteiger partial charge in [0.1, 0.15) is 0 Å². The van der Waals surface area contributed by atoms with Gasteiger partial charge in [0.2, 0.25) is 0 Å². The van der Waals surface area contributed by atoms with E-state index in [2.05, 4.69) is 37.6 Å². The van der Waals surface area contributed by atoms with Crippen LogP contribution in [-0.2, 0) is 7.05 Å². The predicted octanol–water partition coefficient (Wildman–Crippen LogP) is 0.564. The molecule has 0 spiro atoms. The number of rotatable bonds is 1. The Labute approximate surface area is 78.8 Å². The first kappa shape index (κ1) is 7.94. The summed E-state index contributed by atoms with van der Waals surface area (Å²) < 4.78 is 2.60. The molecule has 0 aliphatic carbocycles. The first-order valence-corrected chi connectivity index (χ1v) is 4.53. The van der Waals surface area contributed by atoms with Crippen molar-refractivity contribution >= 4 is 21.5 Å². The molecule has 12 heavy (non-hydrogen) atoms. The molecular formula is C7H9BrN4. The minimum absolute atomic E-state index is 0.819. The molecule has 1 aromatic rings. The standard InChI is InChI=1S/C7H9BrN4/c1-12-6(7(8)10-11-12)5-2-3-9-4-5/h2,9H,3-4H2,1H3. The molecule has 4 nitrogen and oxygen atoms in total. The molecule has 0 saturated carbocycles. The van der Waals surface area contributed by atoms with E-state index in [1.165, 1.54) is 5.57 Å². The van der Waals surface area contributed by atoms with E-state index >= 15 is 0 Å². The van der Waals surface area contributed by atoms with Crippen molar-refractivity contribution in [2.45, 2.75) is 0 Å². The summed E-state index contributed by atoms with van der Waals surface area (Å²) in [7, 11) is 1.90. The number of nitrogens with one attached hydrogen (secondary N) is 1. The van der Waals surface area contributed by atoms with Crippen molar-refractivity contribution in [3.8, 4) is 0 Å². The normalized spacial score (nSPS) is 16.7. The number of aromatic nitrogens is 3. The molecule has 1 aromatic heterocycles. The van der Waals surface area contributed by atoms with Gasteiger partial charge in [0.05, 0.1) is 5.69 Å². The Morgan fingerprint density at radius 3 is 3.00 bits per heavy atom. The van der Waals surface area contributed by atoms with Crippen molar-refractivity contribution in [3.63, 3.8) is 0 Å². The van der Waals surface area contributed by atoms with Gasteiger partial charge in [-0.1, -0.05) is 11.3 Å². The lowest BCUT2D eigenvalue weighted by atomic mass is 10.2. The Kier molecular flexibility index (Phi) is 1.98. The van der Waals surface area contributed by atoms with Crippen LogP contribution < -0.4 is 5.32 Å². The van der Waals surface area contributed by atoms with Crippen LogP contribution in [-0.4, -0.2) is 28.1 Å². The lowest BCUT2D eigenvalue weighted by molar-refractivity contribution is 0.705. The number of aryl methyl sites for hydroxylation is 1. The van der Waals surface area contributed by atoms with Gasteiger partial charge in [-0.15, -0.1) is 5.10 Å². The van der Waals surface area contributed by atoms with Crippen LogP contribution in [0.3, 0.4) is 0 Å². The maximum atomic E-state index is 3.92. The molecule has 0 unspecified atom stereocenters. The summed E-state index contributed by atoms with van der Waals surface area (Å²) in [4.78, 5) is 0. The van der Waals surface area contributed by atoms with Gasteiger partial charge in [-0.25, -0.2) is 4.68 Å². The van der Waals surface area contributed by atoms with Gasteiger partial charge in [-0.05, 0) is 21.5 Å². The number of hydrogen-bond donors (Lipinski definition) is 1. The van der Waals surface area contributed by atoms with E-state index in [9.17, 15) is 0 Å². The minimum Gasteiger partial charge on any atom is -0.309 e. The predicted molar refractivity (Wildman–Crippen MR) is 49.5 cm³/mol. The largest absolute Gasteiger partial charge is 0.309 e. The van der Waals surface area contributed by atoms with Crippen LogP contribution in [0, 0.1) is 0 Å². The molecule has 0 atom stereocenters. The Hall–Kier alpha value is -0.680. The van der Waals surface area contributed by atoms with Crippen molar-refractivity contribution < 1.29 is 0 Å². The molecule has 0 bridgehead atoms. The van der Waals surface area contributed by atoms with Crippen LogP contribution in [0.25, 0.3) is 5.57 Å². The second kappa shape index (κ2) is 2.99. The Morgan fingerprint density at radius 2 is 2.50 bits per heavy atom. The van der Waals surface area contributed by atoms with E-state index in [4.69, 9.17) is 0 Å². The zero-order valence-corrected chi connectivity index (χ0v) is 8.30. The fourth-order valence-corrected chi connectivity index (χ4v) is 1.91. The van der Waals surface area contributed by atoms with Crippen molar-refractivity contribution in [1.29, 1.82) is 0 Å². The van der Waals surface area contributed by atoms with Crippen LogP contribution in [0.4, 0.5) is 0 Å². The second-order valence-electron chi connectivity index (χ2n) is 2.71. The van der Waals surface area contributed by atoms with Crippen LogP contribution >= 0.6 is 15.9 Å².